The number of carbonyl (C=O) groups excluding carboxylic acids is 1. The molecule has 4 nitrogen and oxygen atoms in total. The molecule has 2 N–H and O–H groups in total. The van der Waals surface area contributed by atoms with Crippen molar-refractivity contribution in [3.05, 3.63) is 41.5 Å². The molecular weight excluding hydrogens is 230 g/mol. The highest BCUT2D eigenvalue weighted by atomic mass is 16.4. The molecule has 1 aromatic carbocycles. The molecule has 0 saturated heterocycles. The predicted octanol–water partition coefficient (Wildman–Crippen LogP) is 2.31. The Morgan fingerprint density at radius 3 is 2.50 bits per heavy atom. The highest BCUT2D eigenvalue weighted by Crippen LogP contribution is 2.09. The molecule has 0 aliphatic heterocycles. The topological polar surface area (TPSA) is 66.4 Å². The zero-order valence-electron chi connectivity index (χ0n) is 10.7. The van der Waals surface area contributed by atoms with Crippen LogP contribution in [0.5, 0.6) is 0 Å². The molecule has 1 rings (SSSR count). The van der Waals surface area contributed by atoms with Gasteiger partial charge >= 0.3 is 5.97 Å². The molecule has 0 aliphatic carbocycles. The van der Waals surface area contributed by atoms with Crippen molar-refractivity contribution >= 4 is 18.0 Å². The number of hydrogen-bond donors (Lipinski definition) is 2. The van der Waals surface area contributed by atoms with Gasteiger partial charge in [-0.25, -0.2) is 4.79 Å². The molecule has 0 fully saturated rings. The lowest BCUT2D eigenvalue weighted by atomic mass is 10.1. The molecular formula is C14H17NO3. The van der Waals surface area contributed by atoms with E-state index in [1.807, 2.05) is 20.8 Å². The van der Waals surface area contributed by atoms with E-state index in [1.54, 1.807) is 24.3 Å². The van der Waals surface area contributed by atoms with Gasteiger partial charge in [-0.3, -0.25) is 4.79 Å². The molecule has 4 heteroatoms. The maximum Gasteiger partial charge on any atom is 0.328 e. The molecule has 0 aromatic heterocycles. The lowest BCUT2D eigenvalue weighted by molar-refractivity contribution is -0.131. The molecule has 0 saturated carbocycles. The highest BCUT2D eigenvalue weighted by Gasteiger charge is 2.14. The molecule has 1 amide bonds. The van der Waals surface area contributed by atoms with Crippen LogP contribution in [0.15, 0.2) is 30.3 Å². The minimum absolute atomic E-state index is 0.173. The molecule has 0 spiro atoms. The number of hydrogen-bond acceptors (Lipinski definition) is 2. The van der Waals surface area contributed by atoms with E-state index < -0.39 is 5.97 Å². The van der Waals surface area contributed by atoms with E-state index in [2.05, 4.69) is 5.32 Å². The van der Waals surface area contributed by atoms with Crippen molar-refractivity contribution in [1.29, 1.82) is 0 Å². The van der Waals surface area contributed by atoms with Crippen LogP contribution in [0, 0.1) is 0 Å². The molecule has 1 aromatic rings. The fourth-order valence-corrected chi connectivity index (χ4v) is 1.36. The Kier molecular flexibility index (Phi) is 4.26. The second kappa shape index (κ2) is 5.49. The van der Waals surface area contributed by atoms with E-state index in [9.17, 15) is 9.59 Å². The van der Waals surface area contributed by atoms with E-state index in [4.69, 9.17) is 5.11 Å². The summed E-state index contributed by atoms with van der Waals surface area (Å²) in [5.41, 5.74) is 0.890. The first-order valence-corrected chi connectivity index (χ1v) is 5.61. The molecule has 0 radical (unpaired) electrons. The number of carbonyl (C=O) groups is 2. The summed E-state index contributed by atoms with van der Waals surface area (Å²) in [7, 11) is 0. The van der Waals surface area contributed by atoms with E-state index in [0.29, 0.717) is 11.1 Å². The summed E-state index contributed by atoms with van der Waals surface area (Å²) in [5, 5.41) is 11.4. The van der Waals surface area contributed by atoms with Crippen molar-refractivity contribution in [2.45, 2.75) is 26.3 Å². The van der Waals surface area contributed by atoms with Crippen LogP contribution in [0.25, 0.3) is 6.08 Å². The molecule has 0 bridgehead atoms. The molecule has 96 valence electrons. The molecule has 0 heterocycles. The number of carboxylic acids is 1. The van der Waals surface area contributed by atoms with Crippen molar-refractivity contribution in [2.75, 3.05) is 0 Å². The van der Waals surface area contributed by atoms with Crippen molar-refractivity contribution < 1.29 is 14.7 Å². The maximum absolute atomic E-state index is 11.9. The predicted molar refractivity (Wildman–Crippen MR) is 70.3 cm³/mol. The monoisotopic (exact) mass is 247 g/mol. The van der Waals surface area contributed by atoms with Crippen LogP contribution in [-0.2, 0) is 4.79 Å². The Morgan fingerprint density at radius 1 is 1.28 bits per heavy atom. The third kappa shape index (κ3) is 4.82. The minimum atomic E-state index is -1.01. The van der Waals surface area contributed by atoms with Crippen LogP contribution in [0.4, 0.5) is 0 Å². The molecule has 0 aliphatic rings. The van der Waals surface area contributed by atoms with Gasteiger partial charge in [0.1, 0.15) is 0 Å². The average Bonchev–Trinajstić information content (AvgIpc) is 2.24. The van der Waals surface area contributed by atoms with Crippen molar-refractivity contribution in [1.82, 2.24) is 5.32 Å². The summed E-state index contributed by atoms with van der Waals surface area (Å²) >= 11 is 0. The van der Waals surface area contributed by atoms with Crippen molar-refractivity contribution in [2.24, 2.45) is 0 Å². The van der Waals surface area contributed by atoms with Crippen LogP contribution < -0.4 is 5.32 Å². The molecule has 0 unspecified atom stereocenters. The van der Waals surface area contributed by atoms with Gasteiger partial charge in [-0.15, -0.1) is 0 Å². The lowest BCUT2D eigenvalue weighted by Crippen LogP contribution is -2.40. The summed E-state index contributed by atoms with van der Waals surface area (Å²) in [6, 6.07) is 6.81. The van der Waals surface area contributed by atoms with E-state index in [1.165, 1.54) is 6.08 Å². The first kappa shape index (κ1) is 14.0. The van der Waals surface area contributed by atoms with Crippen LogP contribution in [0.2, 0.25) is 0 Å². The van der Waals surface area contributed by atoms with Gasteiger partial charge in [-0.2, -0.15) is 0 Å². The van der Waals surface area contributed by atoms with Crippen LogP contribution >= 0.6 is 0 Å². The van der Waals surface area contributed by atoms with Gasteiger partial charge in [-0.05, 0) is 44.5 Å². The summed E-state index contributed by atoms with van der Waals surface area (Å²) in [6.07, 6.45) is 2.50. The second-order valence-electron chi connectivity index (χ2n) is 5.00. The van der Waals surface area contributed by atoms with Gasteiger partial charge < -0.3 is 10.4 Å². The standard InChI is InChI=1S/C14H17NO3/c1-14(2,3)15-13(18)11-6-4-5-10(9-11)7-8-12(16)17/h4-9H,1-3H3,(H,15,18)(H,16,17). The third-order valence-corrected chi connectivity index (χ3v) is 2.06. The summed E-state index contributed by atoms with van der Waals surface area (Å²) in [4.78, 5) is 22.3. The Hall–Kier alpha value is -2.10. The zero-order chi connectivity index (χ0) is 13.8. The van der Waals surface area contributed by atoms with E-state index >= 15 is 0 Å². The van der Waals surface area contributed by atoms with Gasteiger partial charge in [0.15, 0.2) is 0 Å². The van der Waals surface area contributed by atoms with Gasteiger partial charge in [0, 0.05) is 17.2 Å². The fraction of sp³-hybridized carbons (Fsp3) is 0.286. The summed E-state index contributed by atoms with van der Waals surface area (Å²) < 4.78 is 0. The Bertz CT molecular complexity index is 484. The Balaban J connectivity index is 2.88. The van der Waals surface area contributed by atoms with E-state index in [-0.39, 0.29) is 11.4 Å². The number of nitrogens with one attached hydrogen (secondary N) is 1. The zero-order valence-corrected chi connectivity index (χ0v) is 10.7. The smallest absolute Gasteiger partial charge is 0.328 e. The van der Waals surface area contributed by atoms with Gasteiger partial charge in [-0.1, -0.05) is 12.1 Å². The number of amides is 1. The largest absolute Gasteiger partial charge is 0.478 e. The van der Waals surface area contributed by atoms with Gasteiger partial charge in [0.05, 0.1) is 0 Å². The molecule has 0 atom stereocenters. The molecule has 18 heavy (non-hydrogen) atoms. The van der Waals surface area contributed by atoms with Crippen LogP contribution in [0.1, 0.15) is 36.7 Å². The number of benzene rings is 1. The normalized spacial score (nSPS) is 11.5. The quantitative estimate of drug-likeness (QED) is 0.805. The third-order valence-electron chi connectivity index (χ3n) is 2.06. The van der Waals surface area contributed by atoms with E-state index in [0.717, 1.165) is 6.08 Å². The minimum Gasteiger partial charge on any atom is -0.478 e. The highest BCUT2D eigenvalue weighted by molar-refractivity contribution is 5.95. The number of rotatable bonds is 3. The second-order valence-corrected chi connectivity index (χ2v) is 5.00. The summed E-state index contributed by atoms with van der Waals surface area (Å²) in [6.45, 7) is 5.71. The average molecular weight is 247 g/mol. The summed E-state index contributed by atoms with van der Waals surface area (Å²) in [5.74, 6) is -1.19. The Morgan fingerprint density at radius 2 is 1.94 bits per heavy atom. The van der Waals surface area contributed by atoms with Crippen LogP contribution in [0.3, 0.4) is 0 Å². The van der Waals surface area contributed by atoms with Gasteiger partial charge in [0.2, 0.25) is 0 Å². The van der Waals surface area contributed by atoms with Gasteiger partial charge in [0.25, 0.3) is 5.91 Å². The maximum atomic E-state index is 11.9. The lowest BCUT2D eigenvalue weighted by Gasteiger charge is -2.20. The first-order valence-electron chi connectivity index (χ1n) is 5.61. The SMILES string of the molecule is CC(C)(C)NC(=O)c1cccc(C=CC(=O)O)c1. The number of carboxylic acid groups (broad SMARTS) is 1. The Labute approximate surface area is 106 Å². The first-order chi connectivity index (χ1) is 8.28. The van der Waals surface area contributed by atoms with Crippen molar-refractivity contribution in [3.63, 3.8) is 0 Å². The fourth-order valence-electron chi connectivity index (χ4n) is 1.36. The van der Waals surface area contributed by atoms with Crippen LogP contribution in [-0.4, -0.2) is 22.5 Å². The van der Waals surface area contributed by atoms with Crippen molar-refractivity contribution in [3.8, 4) is 0 Å². The number of aliphatic carboxylic acids is 1.